The highest BCUT2D eigenvalue weighted by Crippen LogP contribution is 2.26. The van der Waals surface area contributed by atoms with E-state index in [2.05, 4.69) is 5.32 Å². The Morgan fingerprint density at radius 3 is 3.05 bits per heavy atom. The predicted molar refractivity (Wildman–Crippen MR) is 83.1 cm³/mol. The van der Waals surface area contributed by atoms with E-state index in [9.17, 15) is 8.42 Å². The zero-order valence-corrected chi connectivity index (χ0v) is 13.8. The predicted octanol–water partition coefficient (Wildman–Crippen LogP) is 1.28. The smallest absolute Gasteiger partial charge is 0.282 e. The van der Waals surface area contributed by atoms with Gasteiger partial charge in [-0.1, -0.05) is 6.92 Å². The zero-order chi connectivity index (χ0) is 14.6. The molecule has 1 N–H and O–H groups in total. The molecule has 2 rings (SSSR count). The van der Waals surface area contributed by atoms with Gasteiger partial charge >= 0.3 is 0 Å². The minimum Gasteiger partial charge on any atom is -0.317 e. The molecule has 0 spiro atoms. The monoisotopic (exact) mass is 317 g/mol. The number of hydrogen-bond acceptors (Lipinski definition) is 4. The van der Waals surface area contributed by atoms with E-state index >= 15 is 0 Å². The van der Waals surface area contributed by atoms with Gasteiger partial charge in [0.2, 0.25) is 0 Å². The molecule has 2 heterocycles. The second-order valence-electron chi connectivity index (χ2n) is 4.99. The van der Waals surface area contributed by atoms with Crippen LogP contribution in [0.5, 0.6) is 0 Å². The van der Waals surface area contributed by atoms with Crippen LogP contribution in [0, 0.1) is 0 Å². The molecule has 0 amide bonds. The first kappa shape index (κ1) is 15.9. The third-order valence-corrected chi connectivity index (χ3v) is 6.53. The lowest BCUT2D eigenvalue weighted by Crippen LogP contribution is -2.44. The minimum absolute atomic E-state index is 0.513. The minimum atomic E-state index is -3.33. The number of thiophene rings is 1. The highest BCUT2D eigenvalue weighted by atomic mass is 32.2. The van der Waals surface area contributed by atoms with E-state index in [4.69, 9.17) is 0 Å². The Kier molecular flexibility index (Phi) is 5.57. The summed E-state index contributed by atoms with van der Waals surface area (Å²) in [4.78, 5) is 1.33. The van der Waals surface area contributed by atoms with Gasteiger partial charge < -0.3 is 5.32 Å². The molecule has 1 aromatic heterocycles. The number of nitrogens with zero attached hydrogens (tertiary/aromatic N) is 2. The molecule has 5 nitrogen and oxygen atoms in total. The van der Waals surface area contributed by atoms with Gasteiger partial charge in [0.1, 0.15) is 0 Å². The van der Waals surface area contributed by atoms with E-state index in [0.717, 1.165) is 31.5 Å². The van der Waals surface area contributed by atoms with Crippen LogP contribution in [0.25, 0.3) is 0 Å². The van der Waals surface area contributed by atoms with Gasteiger partial charge in [-0.2, -0.15) is 17.0 Å². The zero-order valence-electron chi connectivity index (χ0n) is 12.1. The van der Waals surface area contributed by atoms with Crippen molar-refractivity contribution in [3.63, 3.8) is 0 Å². The molecule has 114 valence electrons. The van der Waals surface area contributed by atoms with Gasteiger partial charge in [0, 0.05) is 31.6 Å². The van der Waals surface area contributed by atoms with E-state index in [1.54, 1.807) is 22.7 Å². The van der Waals surface area contributed by atoms with Crippen molar-refractivity contribution in [3.05, 3.63) is 21.9 Å². The van der Waals surface area contributed by atoms with Gasteiger partial charge in [-0.3, -0.25) is 0 Å². The Morgan fingerprint density at radius 2 is 2.30 bits per heavy atom. The molecule has 1 aliphatic heterocycles. The van der Waals surface area contributed by atoms with Crippen LogP contribution in [0.15, 0.2) is 11.4 Å². The topological polar surface area (TPSA) is 52.7 Å². The molecule has 0 saturated heterocycles. The van der Waals surface area contributed by atoms with Crippen LogP contribution in [0.2, 0.25) is 0 Å². The maximum Gasteiger partial charge on any atom is 0.282 e. The summed E-state index contributed by atoms with van der Waals surface area (Å²) < 4.78 is 28.1. The Morgan fingerprint density at radius 1 is 1.50 bits per heavy atom. The second-order valence-corrected chi connectivity index (χ2v) is 8.03. The van der Waals surface area contributed by atoms with E-state index < -0.39 is 10.2 Å². The molecule has 0 unspecified atom stereocenters. The highest BCUT2D eigenvalue weighted by molar-refractivity contribution is 7.86. The van der Waals surface area contributed by atoms with Crippen LogP contribution >= 0.6 is 11.3 Å². The van der Waals surface area contributed by atoms with Crippen molar-refractivity contribution in [2.45, 2.75) is 26.3 Å². The molecule has 0 bridgehead atoms. The number of hydrogen-bond donors (Lipinski definition) is 1. The molecule has 0 radical (unpaired) electrons. The van der Waals surface area contributed by atoms with Crippen LogP contribution < -0.4 is 5.32 Å². The first-order chi connectivity index (χ1) is 9.55. The highest BCUT2D eigenvalue weighted by Gasteiger charge is 2.30. The summed E-state index contributed by atoms with van der Waals surface area (Å²) in [5.74, 6) is 0. The van der Waals surface area contributed by atoms with Crippen molar-refractivity contribution in [2.24, 2.45) is 0 Å². The van der Waals surface area contributed by atoms with Gasteiger partial charge in [-0.25, -0.2) is 0 Å². The van der Waals surface area contributed by atoms with E-state index in [-0.39, 0.29) is 0 Å². The average Bonchev–Trinajstić information content (AvgIpc) is 2.90. The third-order valence-electron chi connectivity index (χ3n) is 3.57. The lowest BCUT2D eigenvalue weighted by molar-refractivity contribution is 0.344. The number of fused-ring (bicyclic) bond motifs is 1. The average molecular weight is 317 g/mol. The molecule has 0 saturated carbocycles. The van der Waals surface area contributed by atoms with Crippen molar-refractivity contribution >= 4 is 21.5 Å². The molecule has 20 heavy (non-hydrogen) atoms. The summed E-state index contributed by atoms with van der Waals surface area (Å²) in [6.07, 6.45) is 1.67. The fourth-order valence-corrected chi connectivity index (χ4v) is 4.60. The van der Waals surface area contributed by atoms with E-state index in [1.165, 1.54) is 9.18 Å². The fourth-order valence-electron chi connectivity index (χ4n) is 2.34. The van der Waals surface area contributed by atoms with Crippen molar-refractivity contribution in [3.8, 4) is 0 Å². The Hall–Kier alpha value is -0.470. The Labute approximate surface area is 125 Å². The summed E-state index contributed by atoms with van der Waals surface area (Å²) in [7, 11) is -1.66. The number of rotatable bonds is 7. The normalized spacial score (nSPS) is 16.6. The molecule has 7 heteroatoms. The SMILES string of the molecule is CCNCCCN(C)S(=O)(=O)N1CCc2sccc2C1. The van der Waals surface area contributed by atoms with Crippen LogP contribution in [0.1, 0.15) is 23.8 Å². The number of nitrogens with one attached hydrogen (secondary N) is 1. The van der Waals surface area contributed by atoms with E-state index in [0.29, 0.717) is 19.6 Å². The molecule has 0 atom stereocenters. The molecule has 0 fully saturated rings. The molecule has 0 aromatic carbocycles. The quantitative estimate of drug-likeness (QED) is 0.771. The molecular weight excluding hydrogens is 294 g/mol. The maximum absolute atomic E-state index is 12.5. The van der Waals surface area contributed by atoms with Gasteiger partial charge in [0.05, 0.1) is 0 Å². The fraction of sp³-hybridized carbons (Fsp3) is 0.692. The van der Waals surface area contributed by atoms with Gasteiger partial charge in [0.25, 0.3) is 10.2 Å². The summed E-state index contributed by atoms with van der Waals surface area (Å²) in [5, 5.41) is 5.25. The lowest BCUT2D eigenvalue weighted by Gasteiger charge is -2.30. The van der Waals surface area contributed by atoms with Crippen LogP contribution in [0.4, 0.5) is 0 Å². The lowest BCUT2D eigenvalue weighted by atomic mass is 10.1. The first-order valence-corrected chi connectivity index (χ1v) is 9.30. The second kappa shape index (κ2) is 7.00. The Balaban J connectivity index is 1.93. The molecular formula is C13H23N3O2S2. The van der Waals surface area contributed by atoms with Crippen molar-refractivity contribution in [1.82, 2.24) is 13.9 Å². The Bertz CT molecular complexity index is 527. The van der Waals surface area contributed by atoms with Crippen LogP contribution in [-0.4, -0.2) is 50.3 Å². The maximum atomic E-state index is 12.5. The molecule has 1 aromatic rings. The van der Waals surface area contributed by atoms with E-state index in [1.807, 2.05) is 18.4 Å². The standard InChI is InChI=1S/C13H23N3O2S2/c1-3-14-7-4-8-15(2)20(17,18)16-9-5-13-12(11-16)6-10-19-13/h6,10,14H,3-5,7-9,11H2,1-2H3. The van der Waals surface area contributed by atoms with Crippen molar-refractivity contribution < 1.29 is 8.42 Å². The largest absolute Gasteiger partial charge is 0.317 e. The van der Waals surface area contributed by atoms with Gasteiger partial charge in [-0.05, 0) is 42.9 Å². The molecule has 1 aliphatic rings. The summed E-state index contributed by atoms with van der Waals surface area (Å²) in [6, 6.07) is 2.03. The summed E-state index contributed by atoms with van der Waals surface area (Å²) in [5.41, 5.74) is 1.16. The van der Waals surface area contributed by atoms with Crippen molar-refractivity contribution in [1.29, 1.82) is 0 Å². The summed E-state index contributed by atoms with van der Waals surface area (Å²) >= 11 is 1.72. The third kappa shape index (κ3) is 3.59. The molecule has 0 aliphatic carbocycles. The van der Waals surface area contributed by atoms with Crippen LogP contribution in [0.3, 0.4) is 0 Å². The van der Waals surface area contributed by atoms with Crippen molar-refractivity contribution in [2.75, 3.05) is 33.2 Å². The van der Waals surface area contributed by atoms with Gasteiger partial charge in [-0.15, -0.1) is 11.3 Å². The van der Waals surface area contributed by atoms with Crippen LogP contribution in [-0.2, 0) is 23.2 Å². The van der Waals surface area contributed by atoms with Gasteiger partial charge in [0.15, 0.2) is 0 Å². The first-order valence-electron chi connectivity index (χ1n) is 7.03. The summed E-state index contributed by atoms with van der Waals surface area (Å²) in [6.45, 7) is 5.48.